The van der Waals surface area contributed by atoms with E-state index in [2.05, 4.69) is 0 Å². The minimum atomic E-state index is -1.30. The average Bonchev–Trinajstić information content (AvgIpc) is 2.88. The van der Waals surface area contributed by atoms with Crippen LogP contribution in [0.15, 0.2) is 53.4 Å². The number of carbonyl (C=O) groups is 3. The van der Waals surface area contributed by atoms with Crippen LogP contribution in [0.4, 0.5) is 5.69 Å². The van der Waals surface area contributed by atoms with Crippen LogP contribution in [-0.4, -0.2) is 23.0 Å². The highest BCUT2D eigenvalue weighted by molar-refractivity contribution is 8.00. The van der Waals surface area contributed by atoms with Gasteiger partial charge in [0.1, 0.15) is 0 Å². The van der Waals surface area contributed by atoms with Gasteiger partial charge in [0.05, 0.1) is 16.9 Å². The van der Waals surface area contributed by atoms with Gasteiger partial charge in [-0.25, -0.2) is 4.90 Å². The highest BCUT2D eigenvalue weighted by Crippen LogP contribution is 2.36. The zero-order valence-corrected chi connectivity index (χ0v) is 14.4. The monoisotopic (exact) mass is 354 g/mol. The molecule has 6 heteroatoms. The highest BCUT2D eigenvalue weighted by Gasteiger charge is 2.41. The second-order valence-corrected chi connectivity index (χ2v) is 6.89. The maximum absolute atomic E-state index is 12.8. The average molecular weight is 354 g/mol. The van der Waals surface area contributed by atoms with Crippen molar-refractivity contribution in [2.75, 3.05) is 4.90 Å². The molecule has 2 amide bonds. The number of imide groups is 1. The molecule has 1 saturated heterocycles. The van der Waals surface area contributed by atoms with E-state index in [0.717, 1.165) is 17.3 Å². The first-order chi connectivity index (χ1) is 12.0. The minimum Gasteiger partial charge on any atom is -0.545 e. The molecule has 0 aliphatic carbocycles. The lowest BCUT2D eigenvalue weighted by Gasteiger charge is -2.18. The number of hydrogen-bond acceptors (Lipinski definition) is 5. The van der Waals surface area contributed by atoms with E-state index >= 15 is 0 Å². The van der Waals surface area contributed by atoms with Gasteiger partial charge in [-0.3, -0.25) is 9.59 Å². The summed E-state index contributed by atoms with van der Waals surface area (Å²) in [6.07, 6.45) is 0.751. The number of anilines is 1. The second kappa shape index (κ2) is 7.11. The van der Waals surface area contributed by atoms with Crippen LogP contribution in [0.5, 0.6) is 0 Å². The predicted octanol–water partition coefficient (Wildman–Crippen LogP) is 2.04. The number of thioether (sulfide) groups is 1. The van der Waals surface area contributed by atoms with Gasteiger partial charge >= 0.3 is 0 Å². The number of carboxylic acids is 1. The number of carbonyl (C=O) groups excluding carboxylic acids is 3. The molecule has 25 heavy (non-hydrogen) atoms. The molecule has 1 heterocycles. The van der Waals surface area contributed by atoms with E-state index in [0.29, 0.717) is 17.0 Å². The molecule has 0 radical (unpaired) electrons. The first-order valence-electron chi connectivity index (χ1n) is 7.94. The second-order valence-electron chi connectivity index (χ2n) is 5.64. The van der Waals surface area contributed by atoms with E-state index in [-0.39, 0.29) is 23.8 Å². The van der Waals surface area contributed by atoms with Crippen LogP contribution in [0, 0.1) is 0 Å². The molecule has 0 N–H and O–H groups in total. The molecular weight excluding hydrogens is 338 g/mol. The zero-order chi connectivity index (χ0) is 18.0. The van der Waals surface area contributed by atoms with E-state index in [1.807, 2.05) is 19.1 Å². The van der Waals surface area contributed by atoms with Gasteiger partial charge in [0.25, 0.3) is 0 Å². The third kappa shape index (κ3) is 3.30. The third-order valence-corrected chi connectivity index (χ3v) is 5.36. The molecule has 1 fully saturated rings. The summed E-state index contributed by atoms with van der Waals surface area (Å²) >= 11 is 1.10. The maximum atomic E-state index is 12.8. The lowest BCUT2D eigenvalue weighted by atomic mass is 10.1. The largest absolute Gasteiger partial charge is 0.545 e. The topological polar surface area (TPSA) is 77.5 Å². The van der Waals surface area contributed by atoms with Crippen LogP contribution < -0.4 is 10.0 Å². The third-order valence-electron chi connectivity index (χ3n) is 4.09. The van der Waals surface area contributed by atoms with Crippen molar-refractivity contribution >= 4 is 35.2 Å². The number of rotatable bonds is 5. The molecule has 5 nitrogen and oxygen atoms in total. The smallest absolute Gasteiger partial charge is 0.247 e. The van der Waals surface area contributed by atoms with Crippen LogP contribution in [0.25, 0.3) is 0 Å². The van der Waals surface area contributed by atoms with Gasteiger partial charge in [-0.15, -0.1) is 11.8 Å². The van der Waals surface area contributed by atoms with Gasteiger partial charge in [-0.1, -0.05) is 43.3 Å². The fourth-order valence-corrected chi connectivity index (χ4v) is 4.04. The van der Waals surface area contributed by atoms with Crippen LogP contribution in [0.2, 0.25) is 0 Å². The first kappa shape index (κ1) is 17.2. The Labute approximate surface area is 149 Å². The number of nitrogens with zero attached hydrogens (tertiary/aromatic N) is 1. The fraction of sp³-hybridized carbons (Fsp3) is 0.211. The number of para-hydroxylation sites is 1. The molecule has 0 saturated carbocycles. The fourth-order valence-electron chi connectivity index (χ4n) is 2.87. The van der Waals surface area contributed by atoms with Crippen molar-refractivity contribution in [3.8, 4) is 0 Å². The standard InChI is InChI=1S/C19H17NO4S/c1-2-12-7-3-5-9-14(12)20-17(21)11-16(18(20)22)25-15-10-6-4-8-13(15)19(23)24/h3-10,16H,2,11H2,1H3,(H,23,24)/p-1/t16-/m0/s1. The molecule has 1 aliphatic heterocycles. The molecule has 2 aromatic carbocycles. The minimum absolute atomic E-state index is 0.0279. The van der Waals surface area contributed by atoms with Gasteiger partial charge in [0.15, 0.2) is 0 Å². The number of aryl methyl sites for hydroxylation is 1. The molecular formula is C19H16NO4S-. The lowest BCUT2D eigenvalue weighted by Crippen LogP contribution is -2.32. The van der Waals surface area contributed by atoms with Crippen LogP contribution >= 0.6 is 11.8 Å². The Kier molecular flexibility index (Phi) is 4.90. The maximum Gasteiger partial charge on any atom is 0.247 e. The molecule has 3 rings (SSSR count). The van der Waals surface area contributed by atoms with E-state index in [4.69, 9.17) is 0 Å². The Hall–Kier alpha value is -2.60. The summed E-state index contributed by atoms with van der Waals surface area (Å²) in [6.45, 7) is 1.96. The Bertz CT molecular complexity index is 849. The molecule has 128 valence electrons. The van der Waals surface area contributed by atoms with E-state index < -0.39 is 11.2 Å². The summed E-state index contributed by atoms with van der Waals surface area (Å²) in [4.78, 5) is 38.1. The number of hydrogen-bond donors (Lipinski definition) is 0. The summed E-state index contributed by atoms with van der Waals surface area (Å²) in [6, 6.07) is 13.7. The molecule has 2 aromatic rings. The summed E-state index contributed by atoms with van der Waals surface area (Å²) < 4.78 is 0. The van der Waals surface area contributed by atoms with Crippen molar-refractivity contribution < 1.29 is 19.5 Å². The van der Waals surface area contributed by atoms with Crippen molar-refractivity contribution in [1.82, 2.24) is 0 Å². The van der Waals surface area contributed by atoms with E-state index in [9.17, 15) is 19.5 Å². The summed E-state index contributed by atoms with van der Waals surface area (Å²) in [5.74, 6) is -1.88. The van der Waals surface area contributed by atoms with Crippen molar-refractivity contribution in [2.24, 2.45) is 0 Å². The van der Waals surface area contributed by atoms with Gasteiger partial charge in [-0.2, -0.15) is 0 Å². The van der Waals surface area contributed by atoms with Crippen LogP contribution in [0.3, 0.4) is 0 Å². The first-order valence-corrected chi connectivity index (χ1v) is 8.82. The van der Waals surface area contributed by atoms with Crippen molar-refractivity contribution in [3.63, 3.8) is 0 Å². The van der Waals surface area contributed by atoms with Gasteiger partial charge in [-0.05, 0) is 24.1 Å². The number of benzene rings is 2. The van der Waals surface area contributed by atoms with Crippen molar-refractivity contribution in [2.45, 2.75) is 29.9 Å². The Morgan fingerprint density at radius 1 is 1.16 bits per heavy atom. The quantitative estimate of drug-likeness (QED) is 0.768. The molecule has 1 aliphatic rings. The zero-order valence-electron chi connectivity index (χ0n) is 13.6. The summed E-state index contributed by atoms with van der Waals surface area (Å²) in [5, 5.41) is 10.6. The molecule has 0 spiro atoms. The number of carboxylic acid groups (broad SMARTS) is 1. The van der Waals surface area contributed by atoms with E-state index in [1.165, 1.54) is 11.0 Å². The Morgan fingerprint density at radius 2 is 1.84 bits per heavy atom. The molecule has 1 atom stereocenters. The summed E-state index contributed by atoms with van der Waals surface area (Å²) in [7, 11) is 0. The number of amides is 2. The Morgan fingerprint density at radius 3 is 2.56 bits per heavy atom. The normalized spacial score (nSPS) is 17.2. The molecule has 0 bridgehead atoms. The number of aromatic carboxylic acids is 1. The predicted molar refractivity (Wildman–Crippen MR) is 93.3 cm³/mol. The lowest BCUT2D eigenvalue weighted by molar-refractivity contribution is -0.255. The van der Waals surface area contributed by atoms with Crippen molar-refractivity contribution in [1.29, 1.82) is 0 Å². The van der Waals surface area contributed by atoms with Crippen molar-refractivity contribution in [3.05, 3.63) is 59.7 Å². The SMILES string of the molecule is CCc1ccccc1N1C(=O)C[C@H](Sc2ccccc2C(=O)[O-])C1=O. The Balaban J connectivity index is 1.89. The van der Waals surface area contributed by atoms with E-state index in [1.54, 1.807) is 30.3 Å². The molecule has 0 aromatic heterocycles. The summed E-state index contributed by atoms with van der Waals surface area (Å²) in [5.41, 5.74) is 1.56. The van der Waals surface area contributed by atoms with Gasteiger partial charge in [0, 0.05) is 16.9 Å². The van der Waals surface area contributed by atoms with Crippen LogP contribution in [-0.2, 0) is 16.0 Å². The highest BCUT2D eigenvalue weighted by atomic mass is 32.2. The van der Waals surface area contributed by atoms with Gasteiger partial charge < -0.3 is 9.90 Å². The van der Waals surface area contributed by atoms with Gasteiger partial charge in [0.2, 0.25) is 11.8 Å². The molecule has 0 unspecified atom stereocenters. The van der Waals surface area contributed by atoms with Crippen LogP contribution in [0.1, 0.15) is 29.3 Å².